The standard InChI is InChI=1S/C13H12BrFN2O2/c14-8-4-10-11(5-9(8)15)17-12(16-10)6-2-1-3-7(6)13(18)19/h4-7H,1-3H2,(H,16,17)(H,18,19). The SMILES string of the molecule is O=C(O)C1CCCC1c1nc2cc(Br)c(F)cc2[nH]1. The highest BCUT2D eigenvalue weighted by molar-refractivity contribution is 9.10. The molecule has 0 bridgehead atoms. The Morgan fingerprint density at radius 2 is 2.26 bits per heavy atom. The molecule has 2 unspecified atom stereocenters. The Hall–Kier alpha value is -1.43. The molecule has 3 rings (SSSR count). The van der Waals surface area contributed by atoms with Crippen molar-refractivity contribution >= 4 is 32.9 Å². The summed E-state index contributed by atoms with van der Waals surface area (Å²) < 4.78 is 13.8. The van der Waals surface area contributed by atoms with E-state index in [9.17, 15) is 14.3 Å². The number of halogens is 2. The summed E-state index contributed by atoms with van der Waals surface area (Å²) in [6.45, 7) is 0. The first-order valence-corrected chi connectivity index (χ1v) is 6.93. The molecule has 0 radical (unpaired) electrons. The molecule has 19 heavy (non-hydrogen) atoms. The second kappa shape index (κ2) is 4.59. The Kier molecular flexibility index (Phi) is 3.05. The van der Waals surface area contributed by atoms with Crippen molar-refractivity contribution in [1.82, 2.24) is 9.97 Å². The zero-order valence-corrected chi connectivity index (χ0v) is 11.6. The Labute approximate surface area is 117 Å². The summed E-state index contributed by atoms with van der Waals surface area (Å²) in [6.07, 6.45) is 2.37. The average molecular weight is 327 g/mol. The lowest BCUT2D eigenvalue weighted by atomic mass is 9.96. The number of aromatic amines is 1. The van der Waals surface area contributed by atoms with Crippen LogP contribution in [-0.2, 0) is 4.79 Å². The van der Waals surface area contributed by atoms with Gasteiger partial charge in [-0.2, -0.15) is 0 Å². The first kappa shape index (κ1) is 12.6. The summed E-state index contributed by atoms with van der Waals surface area (Å²) in [7, 11) is 0. The highest BCUT2D eigenvalue weighted by atomic mass is 79.9. The first-order valence-electron chi connectivity index (χ1n) is 6.13. The van der Waals surface area contributed by atoms with Crippen molar-refractivity contribution in [3.63, 3.8) is 0 Å². The molecule has 6 heteroatoms. The van der Waals surface area contributed by atoms with Gasteiger partial charge < -0.3 is 10.1 Å². The van der Waals surface area contributed by atoms with Gasteiger partial charge in [-0.05, 0) is 34.8 Å². The minimum atomic E-state index is -0.782. The van der Waals surface area contributed by atoms with Crippen LogP contribution in [0.2, 0.25) is 0 Å². The van der Waals surface area contributed by atoms with Gasteiger partial charge in [0, 0.05) is 12.0 Å². The Balaban J connectivity index is 2.03. The molecule has 0 amide bonds. The highest BCUT2D eigenvalue weighted by Gasteiger charge is 2.35. The monoisotopic (exact) mass is 326 g/mol. The molecule has 0 spiro atoms. The summed E-state index contributed by atoms with van der Waals surface area (Å²) in [6, 6.07) is 2.98. The van der Waals surface area contributed by atoms with E-state index >= 15 is 0 Å². The molecule has 1 fully saturated rings. The Morgan fingerprint density at radius 1 is 1.47 bits per heavy atom. The second-order valence-electron chi connectivity index (χ2n) is 4.89. The molecule has 1 aliphatic carbocycles. The average Bonchev–Trinajstić information content (AvgIpc) is 2.95. The summed E-state index contributed by atoms with van der Waals surface area (Å²) in [5.41, 5.74) is 1.26. The predicted octanol–water partition coefficient (Wildman–Crippen LogP) is 3.43. The molecular formula is C13H12BrFN2O2. The number of nitrogens with one attached hydrogen (secondary N) is 1. The molecule has 1 heterocycles. The fourth-order valence-corrected chi connectivity index (χ4v) is 3.11. The van der Waals surface area contributed by atoms with Crippen LogP contribution in [0.25, 0.3) is 11.0 Å². The van der Waals surface area contributed by atoms with Crippen LogP contribution in [0, 0.1) is 11.7 Å². The van der Waals surface area contributed by atoms with Gasteiger partial charge in [0.1, 0.15) is 11.6 Å². The number of hydrogen-bond acceptors (Lipinski definition) is 2. The van der Waals surface area contributed by atoms with Gasteiger partial charge in [-0.15, -0.1) is 0 Å². The number of fused-ring (bicyclic) bond motifs is 1. The molecule has 0 aliphatic heterocycles. The zero-order chi connectivity index (χ0) is 13.6. The third-order valence-electron chi connectivity index (χ3n) is 3.73. The number of hydrogen-bond donors (Lipinski definition) is 2. The van der Waals surface area contributed by atoms with Crippen LogP contribution in [0.15, 0.2) is 16.6 Å². The van der Waals surface area contributed by atoms with Crippen LogP contribution in [-0.4, -0.2) is 21.0 Å². The third-order valence-corrected chi connectivity index (χ3v) is 4.33. The van der Waals surface area contributed by atoms with Crippen LogP contribution in [0.1, 0.15) is 31.0 Å². The Bertz CT molecular complexity index is 616. The number of carboxylic acid groups (broad SMARTS) is 1. The van der Waals surface area contributed by atoms with Crippen molar-refractivity contribution in [2.45, 2.75) is 25.2 Å². The fraction of sp³-hybridized carbons (Fsp3) is 0.385. The Morgan fingerprint density at radius 3 is 3.00 bits per heavy atom. The molecule has 0 saturated heterocycles. The molecular weight excluding hydrogens is 315 g/mol. The molecule has 4 nitrogen and oxygen atoms in total. The van der Waals surface area contributed by atoms with Crippen LogP contribution < -0.4 is 0 Å². The third kappa shape index (κ3) is 2.14. The van der Waals surface area contributed by atoms with Gasteiger partial charge in [-0.25, -0.2) is 9.37 Å². The smallest absolute Gasteiger partial charge is 0.307 e. The maximum atomic E-state index is 13.5. The lowest BCUT2D eigenvalue weighted by Gasteiger charge is -2.12. The number of benzene rings is 1. The summed E-state index contributed by atoms with van der Waals surface area (Å²) in [5, 5.41) is 9.20. The maximum Gasteiger partial charge on any atom is 0.307 e. The number of carbonyl (C=O) groups is 1. The number of imidazole rings is 1. The molecule has 1 aromatic heterocycles. The van der Waals surface area contributed by atoms with E-state index in [1.807, 2.05) is 0 Å². The van der Waals surface area contributed by atoms with Gasteiger partial charge in [0.25, 0.3) is 0 Å². The van der Waals surface area contributed by atoms with Crippen molar-refractivity contribution < 1.29 is 14.3 Å². The molecule has 1 aliphatic rings. The van der Waals surface area contributed by atoms with Gasteiger partial charge in [0.05, 0.1) is 21.4 Å². The van der Waals surface area contributed by atoms with E-state index in [0.29, 0.717) is 27.8 Å². The molecule has 2 aromatic rings. The van der Waals surface area contributed by atoms with Crippen molar-refractivity contribution in [2.75, 3.05) is 0 Å². The van der Waals surface area contributed by atoms with Crippen LogP contribution in [0.3, 0.4) is 0 Å². The number of aliphatic carboxylic acids is 1. The molecule has 2 N–H and O–H groups in total. The van der Waals surface area contributed by atoms with E-state index in [1.54, 1.807) is 6.07 Å². The number of carboxylic acids is 1. The maximum absolute atomic E-state index is 13.5. The second-order valence-corrected chi connectivity index (χ2v) is 5.74. The van der Waals surface area contributed by atoms with E-state index in [-0.39, 0.29) is 11.7 Å². The largest absolute Gasteiger partial charge is 0.481 e. The van der Waals surface area contributed by atoms with Crippen molar-refractivity contribution in [3.8, 4) is 0 Å². The van der Waals surface area contributed by atoms with Crippen LogP contribution in [0.4, 0.5) is 4.39 Å². The summed E-state index contributed by atoms with van der Waals surface area (Å²) >= 11 is 3.12. The van der Waals surface area contributed by atoms with Crippen LogP contribution >= 0.6 is 15.9 Å². The predicted molar refractivity (Wildman–Crippen MR) is 71.5 cm³/mol. The molecule has 1 saturated carbocycles. The topological polar surface area (TPSA) is 66.0 Å². The normalized spacial score (nSPS) is 23.1. The van der Waals surface area contributed by atoms with Crippen molar-refractivity contribution in [1.29, 1.82) is 0 Å². The van der Waals surface area contributed by atoms with Gasteiger partial charge in [0.2, 0.25) is 0 Å². The minimum Gasteiger partial charge on any atom is -0.481 e. The summed E-state index contributed by atoms with van der Waals surface area (Å²) in [4.78, 5) is 18.7. The van der Waals surface area contributed by atoms with E-state index in [2.05, 4.69) is 25.9 Å². The van der Waals surface area contributed by atoms with Gasteiger partial charge >= 0.3 is 5.97 Å². The molecule has 2 atom stereocenters. The van der Waals surface area contributed by atoms with E-state index < -0.39 is 11.9 Å². The lowest BCUT2D eigenvalue weighted by Crippen LogP contribution is -2.17. The first-order chi connectivity index (χ1) is 9.06. The lowest BCUT2D eigenvalue weighted by molar-refractivity contribution is -0.142. The summed E-state index contributed by atoms with van der Waals surface area (Å²) in [5.74, 6) is -0.989. The molecule has 1 aromatic carbocycles. The van der Waals surface area contributed by atoms with E-state index in [4.69, 9.17) is 0 Å². The zero-order valence-electron chi connectivity index (χ0n) is 9.99. The number of H-pyrrole nitrogens is 1. The highest BCUT2D eigenvalue weighted by Crippen LogP contribution is 2.39. The number of aromatic nitrogens is 2. The quantitative estimate of drug-likeness (QED) is 0.888. The van der Waals surface area contributed by atoms with Crippen molar-refractivity contribution in [3.05, 3.63) is 28.2 Å². The van der Waals surface area contributed by atoms with E-state index in [0.717, 1.165) is 12.8 Å². The molecule has 100 valence electrons. The van der Waals surface area contributed by atoms with Crippen molar-refractivity contribution in [2.24, 2.45) is 5.92 Å². The minimum absolute atomic E-state index is 0.105. The van der Waals surface area contributed by atoms with E-state index in [1.165, 1.54) is 6.07 Å². The van der Waals surface area contributed by atoms with Gasteiger partial charge in [-0.3, -0.25) is 4.79 Å². The van der Waals surface area contributed by atoms with Gasteiger partial charge in [-0.1, -0.05) is 6.42 Å². The van der Waals surface area contributed by atoms with Crippen LogP contribution in [0.5, 0.6) is 0 Å². The number of nitrogens with zero attached hydrogens (tertiary/aromatic N) is 1. The fourth-order valence-electron chi connectivity index (χ4n) is 2.78. The number of rotatable bonds is 2. The van der Waals surface area contributed by atoms with Gasteiger partial charge in [0.15, 0.2) is 0 Å².